The molecule has 1 amide bonds. The Morgan fingerprint density at radius 3 is 2.80 bits per heavy atom. The van der Waals surface area contributed by atoms with E-state index in [1.54, 1.807) is 18.0 Å². The second-order valence-electron chi connectivity index (χ2n) is 5.41. The number of rotatable bonds is 1. The fourth-order valence-corrected chi connectivity index (χ4v) is 2.57. The number of carbonyl (C=O) groups excluding carboxylic acids is 1. The summed E-state index contributed by atoms with van der Waals surface area (Å²) in [5.41, 5.74) is 1.72. The molecule has 1 fully saturated rings. The first-order chi connectivity index (χ1) is 9.45. The van der Waals surface area contributed by atoms with Crippen molar-refractivity contribution in [2.45, 2.75) is 26.7 Å². The van der Waals surface area contributed by atoms with Crippen molar-refractivity contribution in [2.75, 3.05) is 13.1 Å². The molecule has 1 atom stereocenters. The molecule has 20 heavy (non-hydrogen) atoms. The fraction of sp³-hybridized carbons (Fsp3) is 0.533. The molecule has 1 saturated heterocycles. The second-order valence-corrected chi connectivity index (χ2v) is 5.41. The lowest BCUT2D eigenvalue weighted by atomic mass is 9.99. The molecule has 0 bridgehead atoms. The first kappa shape index (κ1) is 14.3. The van der Waals surface area contributed by atoms with Gasteiger partial charge < -0.3 is 9.47 Å². The van der Waals surface area contributed by atoms with Gasteiger partial charge in [0.05, 0.1) is 12.0 Å². The summed E-state index contributed by atoms with van der Waals surface area (Å²) in [5.74, 6) is -0.378. The van der Waals surface area contributed by atoms with Crippen LogP contribution in [-0.4, -0.2) is 28.5 Å². The Bertz CT molecular complexity index is 640. The molecule has 0 N–H and O–H groups in total. The highest BCUT2D eigenvalue weighted by Crippen LogP contribution is 2.17. The molecule has 1 aromatic heterocycles. The molecule has 2 rings (SSSR count). The summed E-state index contributed by atoms with van der Waals surface area (Å²) >= 11 is 0. The summed E-state index contributed by atoms with van der Waals surface area (Å²) < 4.78 is 1.51. The number of hydrogen-bond donors (Lipinski definition) is 0. The van der Waals surface area contributed by atoms with Gasteiger partial charge in [0.1, 0.15) is 5.56 Å². The Kier molecular flexibility index (Phi) is 3.93. The van der Waals surface area contributed by atoms with Gasteiger partial charge in [0.15, 0.2) is 0 Å². The number of likely N-dealkylation sites (tertiary alicyclic amines) is 1. The Hall–Kier alpha value is -2.09. The molecule has 0 spiro atoms. The maximum Gasteiger partial charge on any atom is 0.263 e. The van der Waals surface area contributed by atoms with Crippen molar-refractivity contribution in [2.24, 2.45) is 13.0 Å². The third-order valence-corrected chi connectivity index (χ3v) is 4.09. The Morgan fingerprint density at radius 1 is 1.45 bits per heavy atom. The monoisotopic (exact) mass is 273 g/mol. The standard InChI is InChI=1S/C15H19N3O2/c1-10-7-13(14(19)17(3)11(10)2)15(20)18-6-4-5-12(8-16)9-18/h7,12H,4-6,9H2,1-3H3/t12-/m0/s1. The summed E-state index contributed by atoms with van der Waals surface area (Å²) in [6.07, 6.45) is 1.64. The topological polar surface area (TPSA) is 66.1 Å². The molecule has 0 aliphatic carbocycles. The minimum atomic E-state index is -0.266. The highest BCUT2D eigenvalue weighted by molar-refractivity contribution is 5.94. The van der Waals surface area contributed by atoms with Crippen molar-refractivity contribution >= 4 is 5.91 Å². The van der Waals surface area contributed by atoms with E-state index in [1.807, 2.05) is 13.8 Å². The van der Waals surface area contributed by atoms with E-state index in [9.17, 15) is 9.59 Å². The van der Waals surface area contributed by atoms with E-state index in [4.69, 9.17) is 5.26 Å². The minimum Gasteiger partial charge on any atom is -0.337 e. The molecule has 0 saturated carbocycles. The molecule has 1 aliphatic rings. The van der Waals surface area contributed by atoms with E-state index in [1.165, 1.54) is 4.57 Å². The third-order valence-electron chi connectivity index (χ3n) is 4.09. The van der Waals surface area contributed by atoms with Crippen LogP contribution >= 0.6 is 0 Å². The molecule has 106 valence electrons. The predicted octanol–water partition coefficient (Wildman–Crippen LogP) is 1.38. The van der Waals surface area contributed by atoms with Crippen molar-refractivity contribution in [3.8, 4) is 6.07 Å². The zero-order chi connectivity index (χ0) is 14.9. The number of aryl methyl sites for hydroxylation is 1. The number of pyridine rings is 1. The normalized spacial score (nSPS) is 18.7. The minimum absolute atomic E-state index is 0.122. The number of piperidine rings is 1. The number of nitriles is 1. The van der Waals surface area contributed by atoms with Crippen LogP contribution in [0.1, 0.15) is 34.5 Å². The van der Waals surface area contributed by atoms with Crippen LogP contribution in [0.4, 0.5) is 0 Å². The van der Waals surface area contributed by atoms with E-state index in [-0.39, 0.29) is 22.9 Å². The van der Waals surface area contributed by atoms with Gasteiger partial charge in [-0.15, -0.1) is 0 Å². The highest BCUT2D eigenvalue weighted by atomic mass is 16.2. The lowest BCUT2D eigenvalue weighted by Crippen LogP contribution is -2.42. The van der Waals surface area contributed by atoms with E-state index in [2.05, 4.69) is 6.07 Å². The SMILES string of the molecule is Cc1cc(C(=O)N2CCC[C@@H](C#N)C2)c(=O)n(C)c1C. The van der Waals surface area contributed by atoms with E-state index >= 15 is 0 Å². The average molecular weight is 273 g/mol. The molecule has 0 radical (unpaired) electrons. The van der Waals surface area contributed by atoms with Gasteiger partial charge >= 0.3 is 0 Å². The first-order valence-corrected chi connectivity index (χ1v) is 6.81. The van der Waals surface area contributed by atoms with Crippen LogP contribution in [0.3, 0.4) is 0 Å². The van der Waals surface area contributed by atoms with Crippen molar-refractivity contribution in [1.82, 2.24) is 9.47 Å². The number of carbonyl (C=O) groups is 1. The van der Waals surface area contributed by atoms with Crippen molar-refractivity contribution in [3.05, 3.63) is 33.2 Å². The molecule has 2 heterocycles. The highest BCUT2D eigenvalue weighted by Gasteiger charge is 2.26. The number of aromatic nitrogens is 1. The Morgan fingerprint density at radius 2 is 2.15 bits per heavy atom. The quantitative estimate of drug-likeness (QED) is 0.776. The van der Waals surface area contributed by atoms with Crippen molar-refractivity contribution in [1.29, 1.82) is 5.26 Å². The van der Waals surface area contributed by atoms with Gasteiger partial charge in [0, 0.05) is 25.8 Å². The van der Waals surface area contributed by atoms with E-state index in [0.717, 1.165) is 24.1 Å². The summed E-state index contributed by atoms with van der Waals surface area (Å²) in [7, 11) is 1.68. The molecular formula is C15H19N3O2. The number of hydrogen-bond acceptors (Lipinski definition) is 3. The molecule has 5 heteroatoms. The van der Waals surface area contributed by atoms with Gasteiger partial charge in [-0.2, -0.15) is 5.26 Å². The van der Waals surface area contributed by atoms with Gasteiger partial charge in [0.25, 0.3) is 11.5 Å². The molecule has 0 unspecified atom stereocenters. The average Bonchev–Trinajstić information content (AvgIpc) is 2.48. The van der Waals surface area contributed by atoms with Gasteiger partial charge in [-0.3, -0.25) is 9.59 Å². The lowest BCUT2D eigenvalue weighted by Gasteiger charge is -2.29. The van der Waals surface area contributed by atoms with Crippen LogP contribution in [-0.2, 0) is 7.05 Å². The Balaban J connectivity index is 2.35. The van der Waals surface area contributed by atoms with Gasteiger partial charge in [-0.05, 0) is 38.3 Å². The molecule has 1 aliphatic heterocycles. The zero-order valence-corrected chi connectivity index (χ0v) is 12.1. The largest absolute Gasteiger partial charge is 0.337 e. The summed E-state index contributed by atoms with van der Waals surface area (Å²) in [5, 5.41) is 8.99. The fourth-order valence-electron chi connectivity index (χ4n) is 2.57. The maximum atomic E-state index is 12.5. The van der Waals surface area contributed by atoms with Crippen LogP contribution in [0.25, 0.3) is 0 Å². The number of amides is 1. The third kappa shape index (κ3) is 2.46. The lowest BCUT2D eigenvalue weighted by molar-refractivity contribution is 0.0696. The maximum absolute atomic E-state index is 12.5. The smallest absolute Gasteiger partial charge is 0.263 e. The van der Waals surface area contributed by atoms with Crippen molar-refractivity contribution in [3.63, 3.8) is 0 Å². The predicted molar refractivity (Wildman–Crippen MR) is 75.4 cm³/mol. The van der Waals surface area contributed by atoms with Gasteiger partial charge in [0.2, 0.25) is 0 Å². The molecule has 5 nitrogen and oxygen atoms in total. The van der Waals surface area contributed by atoms with Crippen LogP contribution in [0, 0.1) is 31.1 Å². The summed E-state index contributed by atoms with van der Waals surface area (Å²) in [6.45, 7) is 4.79. The second kappa shape index (κ2) is 5.49. The van der Waals surface area contributed by atoms with Crippen LogP contribution in [0.15, 0.2) is 10.9 Å². The molecule has 0 aromatic carbocycles. The van der Waals surface area contributed by atoms with Crippen LogP contribution in [0.5, 0.6) is 0 Å². The first-order valence-electron chi connectivity index (χ1n) is 6.81. The number of nitrogens with zero attached hydrogens (tertiary/aromatic N) is 3. The summed E-state index contributed by atoms with van der Waals surface area (Å²) in [4.78, 5) is 26.4. The van der Waals surface area contributed by atoms with Crippen LogP contribution in [0.2, 0.25) is 0 Å². The van der Waals surface area contributed by atoms with Gasteiger partial charge in [-0.1, -0.05) is 0 Å². The molecule has 1 aromatic rings. The van der Waals surface area contributed by atoms with Gasteiger partial charge in [-0.25, -0.2) is 0 Å². The zero-order valence-electron chi connectivity index (χ0n) is 12.1. The van der Waals surface area contributed by atoms with E-state index < -0.39 is 0 Å². The van der Waals surface area contributed by atoms with E-state index in [0.29, 0.717) is 13.1 Å². The summed E-state index contributed by atoms with van der Waals surface area (Å²) in [6, 6.07) is 3.87. The molecular weight excluding hydrogens is 254 g/mol. The van der Waals surface area contributed by atoms with Crippen LogP contribution < -0.4 is 5.56 Å². The van der Waals surface area contributed by atoms with Crippen molar-refractivity contribution < 1.29 is 4.79 Å². The Labute approximate surface area is 118 Å².